The number of likely N-dealkylation sites (tertiary alicyclic amines) is 1. The van der Waals surface area contributed by atoms with Crippen molar-refractivity contribution in [1.29, 1.82) is 0 Å². The van der Waals surface area contributed by atoms with Gasteiger partial charge in [-0.3, -0.25) is 9.80 Å². The van der Waals surface area contributed by atoms with E-state index in [4.69, 9.17) is 5.11 Å². The highest BCUT2D eigenvalue weighted by Crippen LogP contribution is 2.18. The quantitative estimate of drug-likeness (QED) is 0.917. The van der Waals surface area contributed by atoms with Gasteiger partial charge in [0.25, 0.3) is 0 Å². The molecule has 5 nitrogen and oxygen atoms in total. The Morgan fingerprint density at radius 2 is 1.81 bits per heavy atom. The van der Waals surface area contributed by atoms with Crippen LogP contribution >= 0.6 is 0 Å². The molecule has 0 saturated carbocycles. The zero-order chi connectivity index (χ0) is 14.7. The molecule has 1 N–H and O–H groups in total. The van der Waals surface area contributed by atoms with Crippen LogP contribution in [0.3, 0.4) is 0 Å². The van der Waals surface area contributed by atoms with E-state index in [1.165, 1.54) is 5.56 Å². The minimum atomic E-state index is -0.778. The fourth-order valence-corrected chi connectivity index (χ4v) is 3.34. The van der Waals surface area contributed by atoms with Crippen molar-refractivity contribution in [3.05, 3.63) is 35.9 Å². The fraction of sp³-hybridized carbons (Fsp3) is 0.562. The molecule has 1 amide bonds. The van der Waals surface area contributed by atoms with E-state index < -0.39 is 6.09 Å². The Morgan fingerprint density at radius 1 is 1.10 bits per heavy atom. The number of carbonyl (C=O) groups is 1. The van der Waals surface area contributed by atoms with E-state index >= 15 is 0 Å². The number of piperazine rings is 1. The van der Waals surface area contributed by atoms with Crippen LogP contribution in [0.5, 0.6) is 0 Å². The van der Waals surface area contributed by atoms with Crippen LogP contribution in [-0.2, 0) is 6.54 Å². The van der Waals surface area contributed by atoms with E-state index in [1.54, 1.807) is 4.90 Å². The van der Waals surface area contributed by atoms with Crippen molar-refractivity contribution in [2.45, 2.75) is 19.0 Å². The van der Waals surface area contributed by atoms with Crippen molar-refractivity contribution in [1.82, 2.24) is 14.7 Å². The average Bonchev–Trinajstić information content (AvgIpc) is 2.99. The normalized spacial score (nSPS) is 24.4. The van der Waals surface area contributed by atoms with Crippen LogP contribution in [0.4, 0.5) is 4.79 Å². The Kier molecular flexibility index (Phi) is 4.41. The molecular formula is C16H23N3O2. The van der Waals surface area contributed by atoms with E-state index in [0.29, 0.717) is 19.1 Å². The molecule has 2 aliphatic rings. The summed E-state index contributed by atoms with van der Waals surface area (Å²) in [5.74, 6) is 0. The van der Waals surface area contributed by atoms with Crippen LogP contribution in [0.1, 0.15) is 12.0 Å². The molecule has 2 aliphatic heterocycles. The van der Waals surface area contributed by atoms with Gasteiger partial charge in [-0.25, -0.2) is 4.79 Å². The van der Waals surface area contributed by atoms with Crippen molar-refractivity contribution >= 4 is 6.09 Å². The number of nitrogens with zero attached hydrogens (tertiary/aromatic N) is 3. The lowest BCUT2D eigenvalue weighted by Crippen LogP contribution is -2.50. The summed E-state index contributed by atoms with van der Waals surface area (Å²) in [5, 5.41) is 9.03. The van der Waals surface area contributed by atoms with Crippen molar-refractivity contribution < 1.29 is 9.90 Å². The molecule has 0 radical (unpaired) electrons. The Hall–Kier alpha value is -1.59. The highest BCUT2D eigenvalue weighted by Gasteiger charge is 2.31. The highest BCUT2D eigenvalue weighted by atomic mass is 16.4. The van der Waals surface area contributed by atoms with Crippen LogP contribution in [0.2, 0.25) is 0 Å². The second-order valence-corrected chi connectivity index (χ2v) is 5.97. The largest absolute Gasteiger partial charge is 0.465 e. The molecule has 1 atom stereocenters. The maximum atomic E-state index is 11.0. The van der Waals surface area contributed by atoms with Gasteiger partial charge in [0.2, 0.25) is 0 Å². The number of amides is 1. The van der Waals surface area contributed by atoms with Gasteiger partial charge in [-0.1, -0.05) is 30.3 Å². The van der Waals surface area contributed by atoms with E-state index in [1.807, 2.05) is 0 Å². The predicted molar refractivity (Wildman–Crippen MR) is 81.3 cm³/mol. The van der Waals surface area contributed by atoms with Gasteiger partial charge in [-0.2, -0.15) is 0 Å². The summed E-state index contributed by atoms with van der Waals surface area (Å²) < 4.78 is 0. The Balaban J connectivity index is 1.46. The van der Waals surface area contributed by atoms with Gasteiger partial charge in [-0.05, 0) is 12.0 Å². The van der Waals surface area contributed by atoms with Gasteiger partial charge >= 0.3 is 6.09 Å². The highest BCUT2D eigenvalue weighted by molar-refractivity contribution is 5.65. The lowest BCUT2D eigenvalue weighted by molar-refractivity contribution is 0.0922. The summed E-state index contributed by atoms with van der Waals surface area (Å²) in [5.41, 5.74) is 1.36. The van der Waals surface area contributed by atoms with Gasteiger partial charge in [0.05, 0.1) is 0 Å². The molecular weight excluding hydrogens is 266 g/mol. The van der Waals surface area contributed by atoms with Crippen LogP contribution in [0, 0.1) is 0 Å². The van der Waals surface area contributed by atoms with E-state index in [-0.39, 0.29) is 0 Å². The van der Waals surface area contributed by atoms with Crippen molar-refractivity contribution in [3.63, 3.8) is 0 Å². The summed E-state index contributed by atoms with van der Waals surface area (Å²) >= 11 is 0. The third-order valence-electron chi connectivity index (χ3n) is 4.61. The number of rotatable bonds is 3. The Morgan fingerprint density at radius 3 is 2.43 bits per heavy atom. The van der Waals surface area contributed by atoms with E-state index in [0.717, 1.165) is 39.1 Å². The summed E-state index contributed by atoms with van der Waals surface area (Å²) in [4.78, 5) is 17.5. The monoisotopic (exact) mass is 289 g/mol. The molecule has 2 saturated heterocycles. The topological polar surface area (TPSA) is 47.0 Å². The third-order valence-corrected chi connectivity index (χ3v) is 4.61. The maximum Gasteiger partial charge on any atom is 0.407 e. The molecule has 114 valence electrons. The minimum absolute atomic E-state index is 0.417. The maximum absolute atomic E-state index is 11.0. The van der Waals surface area contributed by atoms with Gasteiger partial charge in [0.1, 0.15) is 0 Å². The smallest absolute Gasteiger partial charge is 0.407 e. The summed E-state index contributed by atoms with van der Waals surface area (Å²) in [6.07, 6.45) is 0.200. The predicted octanol–water partition coefficient (Wildman–Crippen LogP) is 1.56. The molecule has 2 fully saturated rings. The molecule has 2 heterocycles. The first-order chi connectivity index (χ1) is 10.2. The number of carboxylic acid groups (broad SMARTS) is 1. The van der Waals surface area contributed by atoms with Crippen molar-refractivity contribution in [2.75, 3.05) is 39.3 Å². The van der Waals surface area contributed by atoms with Crippen LogP contribution in [0.25, 0.3) is 0 Å². The van der Waals surface area contributed by atoms with Gasteiger partial charge in [-0.15, -0.1) is 0 Å². The second kappa shape index (κ2) is 6.45. The third kappa shape index (κ3) is 3.54. The van der Waals surface area contributed by atoms with E-state index in [2.05, 4.69) is 40.1 Å². The fourth-order valence-electron chi connectivity index (χ4n) is 3.34. The summed E-state index contributed by atoms with van der Waals surface area (Å²) in [7, 11) is 0. The lowest BCUT2D eigenvalue weighted by Gasteiger charge is -2.37. The Bertz CT molecular complexity index is 472. The second-order valence-electron chi connectivity index (χ2n) is 5.97. The zero-order valence-electron chi connectivity index (χ0n) is 12.3. The molecule has 0 aromatic heterocycles. The number of hydrogen-bond acceptors (Lipinski definition) is 3. The number of hydrogen-bond donors (Lipinski definition) is 1. The molecule has 5 heteroatoms. The standard InChI is InChI=1S/C16H23N3O2/c20-16(21)19-7-6-15(13-19)18-10-8-17(9-11-18)12-14-4-2-1-3-5-14/h1-5,15H,6-13H2,(H,20,21)/t15-/m1/s1. The molecule has 0 unspecified atom stereocenters. The molecule has 1 aromatic carbocycles. The first-order valence-corrected chi connectivity index (χ1v) is 7.70. The van der Waals surface area contributed by atoms with Gasteiger partial charge in [0, 0.05) is 51.9 Å². The van der Waals surface area contributed by atoms with Gasteiger partial charge in [0.15, 0.2) is 0 Å². The molecule has 0 bridgehead atoms. The molecule has 3 rings (SSSR count). The molecule has 0 aliphatic carbocycles. The van der Waals surface area contributed by atoms with Crippen LogP contribution in [-0.4, -0.2) is 71.2 Å². The lowest BCUT2D eigenvalue weighted by atomic mass is 10.1. The summed E-state index contributed by atoms with van der Waals surface area (Å²) in [6, 6.07) is 11.0. The molecule has 0 spiro atoms. The van der Waals surface area contributed by atoms with Gasteiger partial charge < -0.3 is 10.0 Å². The number of benzene rings is 1. The molecule has 1 aromatic rings. The van der Waals surface area contributed by atoms with E-state index in [9.17, 15) is 4.79 Å². The minimum Gasteiger partial charge on any atom is -0.465 e. The van der Waals surface area contributed by atoms with Crippen molar-refractivity contribution in [3.8, 4) is 0 Å². The summed E-state index contributed by atoms with van der Waals surface area (Å²) in [6.45, 7) is 6.60. The molecule has 21 heavy (non-hydrogen) atoms. The van der Waals surface area contributed by atoms with Crippen LogP contribution < -0.4 is 0 Å². The van der Waals surface area contributed by atoms with Crippen LogP contribution in [0.15, 0.2) is 30.3 Å². The van der Waals surface area contributed by atoms with Crippen molar-refractivity contribution in [2.24, 2.45) is 0 Å². The first-order valence-electron chi connectivity index (χ1n) is 7.70. The SMILES string of the molecule is O=C(O)N1CC[C@@H](N2CCN(Cc3ccccc3)CC2)C1. The zero-order valence-corrected chi connectivity index (χ0v) is 12.3. The Labute approximate surface area is 125 Å². The average molecular weight is 289 g/mol. The first kappa shape index (κ1) is 14.4.